The van der Waals surface area contributed by atoms with E-state index in [0.29, 0.717) is 6.54 Å². The van der Waals surface area contributed by atoms with Gasteiger partial charge in [-0.2, -0.15) is 0 Å². The van der Waals surface area contributed by atoms with Gasteiger partial charge >= 0.3 is 6.03 Å². The Hall–Kier alpha value is -1.82. The van der Waals surface area contributed by atoms with Crippen molar-refractivity contribution < 1.29 is 9.32 Å². The summed E-state index contributed by atoms with van der Waals surface area (Å²) in [6, 6.07) is 4.10. The minimum Gasteiger partial charge on any atom is -0.361 e. The van der Waals surface area contributed by atoms with Gasteiger partial charge in [0.2, 0.25) is 0 Å². The minimum atomic E-state index is -0.0645. The summed E-state index contributed by atoms with van der Waals surface area (Å²) in [7, 11) is 1.81. The Kier molecular flexibility index (Phi) is 5.24. The number of rotatable bonds is 5. The highest BCUT2D eigenvalue weighted by Crippen LogP contribution is 2.17. The van der Waals surface area contributed by atoms with Crippen molar-refractivity contribution in [2.24, 2.45) is 0 Å². The fourth-order valence-electron chi connectivity index (χ4n) is 2.35. The van der Waals surface area contributed by atoms with E-state index in [1.54, 1.807) is 16.2 Å². The van der Waals surface area contributed by atoms with Gasteiger partial charge in [-0.1, -0.05) is 5.16 Å². The van der Waals surface area contributed by atoms with Crippen molar-refractivity contribution in [1.82, 2.24) is 15.4 Å². The summed E-state index contributed by atoms with van der Waals surface area (Å²) in [5.41, 5.74) is 1.96. The van der Waals surface area contributed by atoms with Gasteiger partial charge in [0.15, 0.2) is 0 Å². The summed E-state index contributed by atoms with van der Waals surface area (Å²) in [6.07, 6.45) is 0.721. The van der Waals surface area contributed by atoms with Crippen molar-refractivity contribution in [3.05, 3.63) is 38.9 Å². The molecule has 22 heavy (non-hydrogen) atoms. The summed E-state index contributed by atoms with van der Waals surface area (Å²) in [5.74, 6) is 0.820. The zero-order chi connectivity index (χ0) is 16.3. The Labute approximate surface area is 135 Å². The normalized spacial score (nSPS) is 12.2. The molecule has 2 aromatic heterocycles. The zero-order valence-electron chi connectivity index (χ0n) is 13.8. The number of aryl methyl sites for hydroxylation is 3. The van der Waals surface area contributed by atoms with Gasteiger partial charge in [-0.25, -0.2) is 4.79 Å². The van der Waals surface area contributed by atoms with Crippen molar-refractivity contribution in [1.29, 1.82) is 0 Å². The monoisotopic (exact) mass is 321 g/mol. The Morgan fingerprint density at radius 2 is 2.14 bits per heavy atom. The maximum atomic E-state index is 12.2. The van der Waals surface area contributed by atoms with Crippen molar-refractivity contribution in [2.45, 2.75) is 46.7 Å². The lowest BCUT2D eigenvalue weighted by molar-refractivity contribution is 0.203. The van der Waals surface area contributed by atoms with E-state index in [4.69, 9.17) is 4.52 Å². The van der Waals surface area contributed by atoms with Gasteiger partial charge in [0.1, 0.15) is 5.76 Å². The Morgan fingerprint density at radius 1 is 1.41 bits per heavy atom. The van der Waals surface area contributed by atoms with E-state index < -0.39 is 0 Å². The van der Waals surface area contributed by atoms with Gasteiger partial charge in [-0.05, 0) is 46.2 Å². The molecule has 0 aliphatic heterocycles. The molecule has 1 unspecified atom stereocenters. The van der Waals surface area contributed by atoms with E-state index in [0.717, 1.165) is 23.4 Å². The quantitative estimate of drug-likeness (QED) is 0.918. The molecule has 0 saturated heterocycles. The highest BCUT2D eigenvalue weighted by atomic mass is 32.1. The third kappa shape index (κ3) is 4.10. The van der Waals surface area contributed by atoms with Gasteiger partial charge in [-0.3, -0.25) is 0 Å². The average Bonchev–Trinajstić information content (AvgIpc) is 2.99. The first-order valence-electron chi connectivity index (χ1n) is 7.35. The number of nitrogens with zero attached hydrogens (tertiary/aromatic N) is 2. The smallest absolute Gasteiger partial charge is 0.317 e. The summed E-state index contributed by atoms with van der Waals surface area (Å²) < 4.78 is 5.16. The van der Waals surface area contributed by atoms with E-state index in [1.807, 2.05) is 27.8 Å². The van der Waals surface area contributed by atoms with Crippen LogP contribution in [0.4, 0.5) is 4.79 Å². The largest absolute Gasteiger partial charge is 0.361 e. The molecule has 2 rings (SSSR count). The van der Waals surface area contributed by atoms with Crippen molar-refractivity contribution in [3.8, 4) is 0 Å². The molecule has 0 fully saturated rings. The molecule has 0 bridgehead atoms. The van der Waals surface area contributed by atoms with E-state index >= 15 is 0 Å². The van der Waals surface area contributed by atoms with E-state index in [-0.39, 0.29) is 12.1 Å². The number of urea groups is 1. The molecule has 1 atom stereocenters. The second kappa shape index (κ2) is 6.96. The Morgan fingerprint density at radius 3 is 2.68 bits per heavy atom. The van der Waals surface area contributed by atoms with Crippen LogP contribution in [0.2, 0.25) is 0 Å². The predicted molar refractivity (Wildman–Crippen MR) is 88.2 cm³/mol. The maximum absolute atomic E-state index is 12.2. The maximum Gasteiger partial charge on any atom is 0.317 e. The molecule has 0 radical (unpaired) electrons. The van der Waals surface area contributed by atoms with Gasteiger partial charge in [0, 0.05) is 28.4 Å². The van der Waals surface area contributed by atoms with Crippen LogP contribution in [0, 0.1) is 20.8 Å². The van der Waals surface area contributed by atoms with E-state index in [1.165, 1.54) is 9.75 Å². The zero-order valence-corrected chi connectivity index (χ0v) is 14.6. The number of amides is 2. The summed E-state index contributed by atoms with van der Waals surface area (Å²) in [4.78, 5) is 16.4. The Bertz CT molecular complexity index is 628. The lowest BCUT2D eigenvalue weighted by atomic mass is 10.1. The summed E-state index contributed by atoms with van der Waals surface area (Å²) in [6.45, 7) is 8.51. The molecule has 2 heterocycles. The lowest BCUT2D eigenvalue weighted by Crippen LogP contribution is -2.42. The number of hydrogen-bond acceptors (Lipinski definition) is 4. The fourth-order valence-corrected chi connectivity index (χ4v) is 3.29. The van der Waals surface area contributed by atoms with E-state index in [2.05, 4.69) is 29.5 Å². The van der Waals surface area contributed by atoms with Crippen LogP contribution in [0.15, 0.2) is 16.7 Å². The number of thiophene rings is 1. The van der Waals surface area contributed by atoms with Crippen LogP contribution in [0.3, 0.4) is 0 Å². The highest BCUT2D eigenvalue weighted by Gasteiger charge is 2.17. The van der Waals surface area contributed by atoms with Crippen molar-refractivity contribution >= 4 is 17.4 Å². The molecule has 0 aliphatic rings. The van der Waals surface area contributed by atoms with Crippen LogP contribution in [-0.2, 0) is 13.0 Å². The molecule has 1 N–H and O–H groups in total. The fraction of sp³-hybridized carbons (Fsp3) is 0.500. The molecule has 0 aromatic carbocycles. The van der Waals surface area contributed by atoms with Crippen LogP contribution in [0.1, 0.15) is 33.7 Å². The minimum absolute atomic E-state index is 0.0248. The van der Waals surface area contributed by atoms with Crippen molar-refractivity contribution in [2.75, 3.05) is 7.05 Å². The molecule has 0 spiro atoms. The number of hydrogen-bond donors (Lipinski definition) is 1. The molecule has 2 amide bonds. The average molecular weight is 321 g/mol. The first-order chi connectivity index (χ1) is 10.4. The first-order valence-corrected chi connectivity index (χ1v) is 8.17. The number of nitrogens with one attached hydrogen (secondary N) is 1. The third-order valence-corrected chi connectivity index (χ3v) is 4.58. The molecule has 0 aliphatic carbocycles. The van der Waals surface area contributed by atoms with Crippen molar-refractivity contribution in [3.63, 3.8) is 0 Å². The van der Waals surface area contributed by atoms with Crippen LogP contribution >= 0.6 is 11.3 Å². The van der Waals surface area contributed by atoms with Crippen LogP contribution in [0.25, 0.3) is 0 Å². The molecule has 0 saturated carbocycles. The SMILES string of the molecule is Cc1ccc(CN(C)C(=O)NC(C)Cc2c(C)noc2C)s1. The van der Waals surface area contributed by atoms with Crippen LogP contribution in [0.5, 0.6) is 0 Å². The Balaban J connectivity index is 1.88. The van der Waals surface area contributed by atoms with Crippen LogP contribution < -0.4 is 5.32 Å². The highest BCUT2D eigenvalue weighted by molar-refractivity contribution is 7.11. The standard InChI is InChI=1S/C16H23N3O2S/c1-10(8-15-12(3)18-21-13(15)4)17-16(20)19(5)9-14-7-6-11(2)22-14/h6-7,10H,8-9H2,1-5H3,(H,17,20). The molecule has 120 valence electrons. The molecular weight excluding hydrogens is 298 g/mol. The van der Waals surface area contributed by atoms with Crippen LogP contribution in [-0.4, -0.2) is 29.2 Å². The molecule has 5 nitrogen and oxygen atoms in total. The summed E-state index contributed by atoms with van der Waals surface area (Å²) >= 11 is 1.72. The topological polar surface area (TPSA) is 58.4 Å². The van der Waals surface area contributed by atoms with Gasteiger partial charge in [0.25, 0.3) is 0 Å². The lowest BCUT2D eigenvalue weighted by Gasteiger charge is -2.21. The van der Waals surface area contributed by atoms with Gasteiger partial charge in [0.05, 0.1) is 12.2 Å². The number of aromatic nitrogens is 1. The molecular formula is C16H23N3O2S. The van der Waals surface area contributed by atoms with Gasteiger partial charge < -0.3 is 14.7 Å². The van der Waals surface area contributed by atoms with Gasteiger partial charge in [-0.15, -0.1) is 11.3 Å². The molecule has 2 aromatic rings. The number of carbonyl (C=O) groups is 1. The third-order valence-electron chi connectivity index (χ3n) is 3.60. The predicted octanol–water partition coefficient (Wildman–Crippen LogP) is 3.43. The first kappa shape index (κ1) is 16.5. The summed E-state index contributed by atoms with van der Waals surface area (Å²) in [5, 5.41) is 6.97. The second-order valence-corrected chi connectivity index (χ2v) is 7.10. The number of carbonyl (C=O) groups excluding carboxylic acids is 1. The molecule has 6 heteroatoms. The second-order valence-electron chi connectivity index (χ2n) is 5.73. The van der Waals surface area contributed by atoms with E-state index in [9.17, 15) is 4.79 Å².